The number of aliphatic hydroxyl groups is 1. The maximum atomic E-state index is 12.2. The number of aliphatic hydroxyl groups excluding tert-OH is 1. The van der Waals surface area contributed by atoms with Crippen LogP contribution in [-0.2, 0) is 0 Å². The second-order valence-electron chi connectivity index (χ2n) is 7.41. The lowest BCUT2D eigenvalue weighted by Gasteiger charge is -2.45. The number of hydrogen-bond acceptors (Lipinski definition) is 3. The quantitative estimate of drug-likeness (QED) is 0.802. The largest absolute Gasteiger partial charge is 0.507 e. The Bertz CT molecular complexity index is 527. The van der Waals surface area contributed by atoms with E-state index in [1.807, 2.05) is 0 Å². The maximum Gasteiger partial charge on any atom is 0.255 e. The minimum Gasteiger partial charge on any atom is -0.507 e. The number of carbonyl (C=O) groups is 1. The summed E-state index contributed by atoms with van der Waals surface area (Å²) in [6, 6.07) is 6.52. The van der Waals surface area contributed by atoms with E-state index in [0.29, 0.717) is 13.0 Å². The maximum absolute atomic E-state index is 12.2. The van der Waals surface area contributed by atoms with Crippen LogP contribution < -0.4 is 5.32 Å². The number of aromatic hydroxyl groups is 1. The van der Waals surface area contributed by atoms with Crippen LogP contribution in [0.3, 0.4) is 0 Å². The molecule has 0 heterocycles. The summed E-state index contributed by atoms with van der Waals surface area (Å²) in [5.41, 5.74) is 0.240. The summed E-state index contributed by atoms with van der Waals surface area (Å²) in [5, 5.41) is 22.7. The minimum atomic E-state index is -0.319. The number of phenols is 1. The molecule has 116 valence electrons. The molecule has 1 aromatic carbocycles. The van der Waals surface area contributed by atoms with Crippen molar-refractivity contribution >= 4 is 5.91 Å². The summed E-state index contributed by atoms with van der Waals surface area (Å²) in [4.78, 5) is 12.2. The van der Waals surface area contributed by atoms with Crippen molar-refractivity contribution in [3.8, 4) is 5.75 Å². The Hall–Kier alpha value is -1.55. The van der Waals surface area contributed by atoms with Gasteiger partial charge in [0, 0.05) is 6.54 Å². The Morgan fingerprint density at radius 2 is 1.95 bits per heavy atom. The lowest BCUT2D eigenvalue weighted by molar-refractivity contribution is -0.00840. The zero-order valence-electron chi connectivity index (χ0n) is 13.0. The van der Waals surface area contributed by atoms with Crippen molar-refractivity contribution in [2.75, 3.05) is 6.54 Å². The lowest BCUT2D eigenvalue weighted by Crippen LogP contribution is -2.45. The summed E-state index contributed by atoms with van der Waals surface area (Å²) >= 11 is 0. The van der Waals surface area contributed by atoms with Crippen molar-refractivity contribution in [2.24, 2.45) is 10.8 Å². The molecular formula is C17H25NO3. The third kappa shape index (κ3) is 3.97. The second kappa shape index (κ2) is 5.68. The summed E-state index contributed by atoms with van der Waals surface area (Å²) in [6.45, 7) is 6.90. The molecule has 0 radical (unpaired) electrons. The van der Waals surface area contributed by atoms with E-state index < -0.39 is 0 Å². The molecule has 1 aliphatic carbocycles. The predicted molar refractivity (Wildman–Crippen MR) is 82.2 cm³/mol. The van der Waals surface area contributed by atoms with Gasteiger partial charge in [-0.15, -0.1) is 0 Å². The Balaban J connectivity index is 2.02. The fourth-order valence-corrected chi connectivity index (χ4v) is 3.77. The van der Waals surface area contributed by atoms with Crippen LogP contribution in [0.25, 0.3) is 0 Å². The molecule has 1 aliphatic rings. The van der Waals surface area contributed by atoms with Gasteiger partial charge in [0.15, 0.2) is 0 Å². The van der Waals surface area contributed by atoms with E-state index in [-0.39, 0.29) is 34.2 Å². The fourth-order valence-electron chi connectivity index (χ4n) is 3.77. The highest BCUT2D eigenvalue weighted by molar-refractivity contribution is 5.96. The molecule has 21 heavy (non-hydrogen) atoms. The fraction of sp³-hybridized carbons (Fsp3) is 0.588. The van der Waals surface area contributed by atoms with Gasteiger partial charge in [-0.2, -0.15) is 0 Å². The van der Waals surface area contributed by atoms with Crippen LogP contribution in [0.4, 0.5) is 0 Å². The van der Waals surface area contributed by atoms with Gasteiger partial charge in [0.1, 0.15) is 5.75 Å². The van der Waals surface area contributed by atoms with E-state index in [4.69, 9.17) is 0 Å². The van der Waals surface area contributed by atoms with Crippen molar-refractivity contribution < 1.29 is 15.0 Å². The molecule has 1 aromatic rings. The molecule has 4 heteroatoms. The van der Waals surface area contributed by atoms with Gasteiger partial charge < -0.3 is 15.5 Å². The van der Waals surface area contributed by atoms with Crippen molar-refractivity contribution in [2.45, 2.75) is 46.1 Å². The average molecular weight is 291 g/mol. The Kier molecular flexibility index (Phi) is 4.28. The zero-order valence-corrected chi connectivity index (χ0v) is 13.0. The van der Waals surface area contributed by atoms with E-state index in [1.165, 1.54) is 6.07 Å². The molecule has 2 atom stereocenters. The molecule has 1 fully saturated rings. The molecule has 0 saturated heterocycles. The predicted octanol–water partition coefficient (Wildman–Crippen LogP) is 2.70. The summed E-state index contributed by atoms with van der Waals surface area (Å²) in [5.74, 6) is -0.281. The molecule has 0 spiro atoms. The third-order valence-corrected chi connectivity index (χ3v) is 4.25. The Morgan fingerprint density at radius 3 is 2.57 bits per heavy atom. The molecule has 0 aromatic heterocycles. The minimum absolute atomic E-state index is 0.0100. The molecule has 1 saturated carbocycles. The monoisotopic (exact) mass is 291 g/mol. The van der Waals surface area contributed by atoms with Gasteiger partial charge in [0.05, 0.1) is 11.7 Å². The number of amides is 1. The normalized spacial score (nSPS) is 28.1. The van der Waals surface area contributed by atoms with Gasteiger partial charge in [-0.25, -0.2) is 0 Å². The zero-order chi connectivity index (χ0) is 15.7. The van der Waals surface area contributed by atoms with Crippen LogP contribution in [0.2, 0.25) is 0 Å². The number of phenolic OH excluding ortho intramolecular Hbond substituents is 1. The molecule has 0 bridgehead atoms. The Morgan fingerprint density at radius 1 is 1.29 bits per heavy atom. The van der Waals surface area contributed by atoms with Crippen LogP contribution in [0.5, 0.6) is 5.75 Å². The number of carbonyl (C=O) groups excluding carboxylic acids is 1. The van der Waals surface area contributed by atoms with Crippen LogP contribution >= 0.6 is 0 Å². The second-order valence-corrected chi connectivity index (χ2v) is 7.41. The molecule has 0 aliphatic heterocycles. The highest BCUT2D eigenvalue weighted by Crippen LogP contribution is 2.45. The number of para-hydroxylation sites is 1. The highest BCUT2D eigenvalue weighted by atomic mass is 16.3. The van der Waals surface area contributed by atoms with E-state index in [9.17, 15) is 15.0 Å². The van der Waals surface area contributed by atoms with Gasteiger partial charge in [-0.3, -0.25) is 4.79 Å². The van der Waals surface area contributed by atoms with E-state index in [0.717, 1.165) is 12.8 Å². The van der Waals surface area contributed by atoms with E-state index >= 15 is 0 Å². The van der Waals surface area contributed by atoms with Gasteiger partial charge in [-0.1, -0.05) is 32.9 Å². The first-order chi connectivity index (χ1) is 9.71. The summed E-state index contributed by atoms with van der Waals surface area (Å²) in [7, 11) is 0. The standard InChI is InChI=1S/C17H25NO3/c1-16(2)8-12(19)9-17(3,10-16)11-18-15(21)13-6-4-5-7-14(13)20/h4-7,12,19-20H,8-11H2,1-3H3,(H,18,21)/t12-,17+/m1/s1. The van der Waals surface area contributed by atoms with E-state index in [2.05, 4.69) is 26.1 Å². The highest BCUT2D eigenvalue weighted by Gasteiger charge is 2.40. The van der Waals surface area contributed by atoms with Crippen molar-refractivity contribution in [1.29, 1.82) is 0 Å². The first-order valence-electron chi connectivity index (χ1n) is 7.45. The third-order valence-electron chi connectivity index (χ3n) is 4.25. The number of hydrogen-bond donors (Lipinski definition) is 3. The van der Waals surface area contributed by atoms with Gasteiger partial charge in [-0.05, 0) is 42.2 Å². The van der Waals surface area contributed by atoms with Crippen LogP contribution in [0.15, 0.2) is 24.3 Å². The molecule has 1 amide bonds. The van der Waals surface area contributed by atoms with Crippen LogP contribution in [0.1, 0.15) is 50.4 Å². The number of rotatable bonds is 3. The molecular weight excluding hydrogens is 266 g/mol. The topological polar surface area (TPSA) is 69.6 Å². The molecule has 4 nitrogen and oxygen atoms in total. The number of benzene rings is 1. The number of nitrogens with one attached hydrogen (secondary N) is 1. The van der Waals surface area contributed by atoms with Crippen LogP contribution in [0, 0.1) is 10.8 Å². The van der Waals surface area contributed by atoms with Crippen LogP contribution in [-0.4, -0.2) is 28.8 Å². The molecule has 2 rings (SSSR count). The lowest BCUT2D eigenvalue weighted by atomic mass is 9.63. The first-order valence-corrected chi connectivity index (χ1v) is 7.45. The van der Waals surface area contributed by atoms with Gasteiger partial charge >= 0.3 is 0 Å². The van der Waals surface area contributed by atoms with Crippen molar-refractivity contribution in [1.82, 2.24) is 5.32 Å². The molecule has 3 N–H and O–H groups in total. The van der Waals surface area contributed by atoms with Gasteiger partial charge in [0.2, 0.25) is 0 Å². The summed E-state index contributed by atoms with van der Waals surface area (Å²) in [6.07, 6.45) is 2.13. The first kappa shape index (κ1) is 15.8. The average Bonchev–Trinajstić information content (AvgIpc) is 2.33. The smallest absolute Gasteiger partial charge is 0.255 e. The SMILES string of the molecule is CC1(C)C[C@@H](O)C[C@](C)(CNC(=O)c2ccccc2O)C1. The summed E-state index contributed by atoms with van der Waals surface area (Å²) < 4.78 is 0. The van der Waals surface area contributed by atoms with E-state index in [1.54, 1.807) is 18.2 Å². The van der Waals surface area contributed by atoms with Crippen molar-refractivity contribution in [3.63, 3.8) is 0 Å². The Labute approximate surface area is 126 Å². The molecule has 0 unspecified atom stereocenters. The van der Waals surface area contributed by atoms with Crippen molar-refractivity contribution in [3.05, 3.63) is 29.8 Å². The van der Waals surface area contributed by atoms with Gasteiger partial charge in [0.25, 0.3) is 5.91 Å².